The third kappa shape index (κ3) is 4.84. The summed E-state index contributed by atoms with van der Waals surface area (Å²) >= 11 is 3.46. The number of fused-ring (bicyclic) bond motifs is 1. The molecule has 2 heterocycles. The molecule has 3 rings (SSSR count). The zero-order valence-corrected chi connectivity index (χ0v) is 15.6. The molecule has 0 saturated carbocycles. The molecule has 0 bridgehead atoms. The molecule has 1 atom stereocenters. The smallest absolute Gasteiger partial charge is 0.138 e. The highest BCUT2D eigenvalue weighted by Gasteiger charge is 2.08. The number of rotatable bonds is 7. The number of hydrogen-bond donors (Lipinski definition) is 0. The predicted molar refractivity (Wildman–Crippen MR) is 102 cm³/mol. The highest BCUT2D eigenvalue weighted by molar-refractivity contribution is 9.10. The van der Waals surface area contributed by atoms with Crippen LogP contribution >= 0.6 is 15.9 Å². The minimum Gasteiger partial charge on any atom is -0.488 e. The molecule has 0 spiro atoms. The molecule has 0 fully saturated rings. The maximum Gasteiger partial charge on any atom is 0.138 e. The van der Waals surface area contributed by atoms with E-state index in [4.69, 9.17) is 15.0 Å². The van der Waals surface area contributed by atoms with Crippen molar-refractivity contribution in [3.63, 3.8) is 0 Å². The largest absolute Gasteiger partial charge is 0.488 e. The van der Waals surface area contributed by atoms with E-state index in [2.05, 4.69) is 35.9 Å². The third-order valence-electron chi connectivity index (χ3n) is 3.53. The van der Waals surface area contributed by atoms with Gasteiger partial charge in [-0.3, -0.25) is 9.97 Å². The second-order valence-corrected chi connectivity index (χ2v) is 6.58. The lowest BCUT2D eigenvalue weighted by Gasteiger charge is -2.16. The Balaban J connectivity index is 1.60. The summed E-state index contributed by atoms with van der Waals surface area (Å²) in [5.41, 5.74) is 10.1. The van der Waals surface area contributed by atoms with Gasteiger partial charge in [0.1, 0.15) is 24.2 Å². The normalized spacial score (nSPS) is 11.6. The molecular formula is C18H16BrN5O2. The van der Waals surface area contributed by atoms with Crippen molar-refractivity contribution in [2.45, 2.75) is 19.6 Å². The Hall–Kier alpha value is -2.83. The van der Waals surface area contributed by atoms with Gasteiger partial charge in [0.2, 0.25) is 0 Å². The fraction of sp³-hybridized carbons (Fsp3) is 0.222. The number of benzene rings is 1. The maximum absolute atomic E-state index is 8.38. The maximum atomic E-state index is 8.38. The van der Waals surface area contributed by atoms with Crippen LogP contribution < -0.4 is 9.47 Å². The van der Waals surface area contributed by atoms with E-state index in [9.17, 15) is 0 Å². The van der Waals surface area contributed by atoms with Crippen molar-refractivity contribution in [2.24, 2.45) is 5.11 Å². The van der Waals surface area contributed by atoms with Crippen molar-refractivity contribution < 1.29 is 9.47 Å². The fourth-order valence-electron chi connectivity index (χ4n) is 2.37. The zero-order valence-electron chi connectivity index (χ0n) is 14.0. The molecule has 0 aliphatic carbocycles. The van der Waals surface area contributed by atoms with E-state index >= 15 is 0 Å². The molecule has 2 aromatic heterocycles. The lowest BCUT2D eigenvalue weighted by atomic mass is 10.2. The molecular weight excluding hydrogens is 398 g/mol. The quantitative estimate of drug-likeness (QED) is 0.307. The van der Waals surface area contributed by atoms with Crippen molar-refractivity contribution in [1.82, 2.24) is 9.97 Å². The molecule has 8 heteroatoms. The molecule has 7 nitrogen and oxygen atoms in total. The van der Waals surface area contributed by atoms with Gasteiger partial charge in [-0.05, 0) is 48.4 Å². The highest BCUT2D eigenvalue weighted by atomic mass is 79.9. The minimum absolute atomic E-state index is 0.179. The molecule has 0 aliphatic heterocycles. The van der Waals surface area contributed by atoms with Gasteiger partial charge in [0.25, 0.3) is 0 Å². The van der Waals surface area contributed by atoms with Crippen LogP contribution in [0.5, 0.6) is 11.5 Å². The number of pyridine rings is 2. The van der Waals surface area contributed by atoms with Gasteiger partial charge in [0.15, 0.2) is 0 Å². The number of nitrogens with zero attached hydrogens (tertiary/aromatic N) is 5. The van der Waals surface area contributed by atoms with Crippen molar-refractivity contribution in [3.8, 4) is 11.5 Å². The van der Waals surface area contributed by atoms with Crippen LogP contribution in [0.3, 0.4) is 0 Å². The van der Waals surface area contributed by atoms with Crippen molar-refractivity contribution in [3.05, 3.63) is 69.4 Å². The topological polar surface area (TPSA) is 93.0 Å². The molecule has 1 aromatic carbocycles. The Bertz CT molecular complexity index is 959. The summed E-state index contributed by atoms with van der Waals surface area (Å²) in [7, 11) is 0. The summed E-state index contributed by atoms with van der Waals surface area (Å²) < 4.78 is 12.6. The van der Waals surface area contributed by atoms with Crippen LogP contribution in [0.1, 0.15) is 12.5 Å². The second kappa shape index (κ2) is 8.51. The molecule has 26 heavy (non-hydrogen) atoms. The van der Waals surface area contributed by atoms with Crippen LogP contribution in [0, 0.1) is 0 Å². The standard InChI is InChI=1S/C18H16BrN5O2/c1-12(11-25-16-4-13(7-21-9-16)8-23-24-20)26-17-6-14-5-15(19)2-3-18(14)22-10-17/h2-7,9-10,12H,8,11H2,1H3/t12-/m0/s1. The van der Waals surface area contributed by atoms with Crippen LogP contribution in [0.4, 0.5) is 0 Å². The first-order valence-electron chi connectivity index (χ1n) is 7.93. The van der Waals surface area contributed by atoms with E-state index in [0.29, 0.717) is 18.1 Å². The fourth-order valence-corrected chi connectivity index (χ4v) is 2.75. The van der Waals surface area contributed by atoms with Crippen molar-refractivity contribution >= 4 is 26.8 Å². The molecule has 0 N–H and O–H groups in total. The van der Waals surface area contributed by atoms with Crippen LogP contribution in [0.25, 0.3) is 21.3 Å². The molecule has 0 aliphatic rings. The second-order valence-electron chi connectivity index (χ2n) is 5.67. The van der Waals surface area contributed by atoms with Gasteiger partial charge in [-0.25, -0.2) is 0 Å². The first-order chi connectivity index (χ1) is 12.6. The summed E-state index contributed by atoms with van der Waals surface area (Å²) in [6.45, 7) is 2.51. The average Bonchev–Trinajstić information content (AvgIpc) is 2.65. The van der Waals surface area contributed by atoms with Gasteiger partial charge in [-0.1, -0.05) is 21.0 Å². The summed E-state index contributed by atoms with van der Waals surface area (Å²) in [4.78, 5) is 11.2. The van der Waals surface area contributed by atoms with Crippen molar-refractivity contribution in [2.75, 3.05) is 6.61 Å². The van der Waals surface area contributed by atoms with Crippen LogP contribution in [0.2, 0.25) is 0 Å². The summed E-state index contributed by atoms with van der Waals surface area (Å²) in [5.74, 6) is 1.29. The van der Waals surface area contributed by atoms with E-state index in [0.717, 1.165) is 20.9 Å². The minimum atomic E-state index is -0.179. The lowest BCUT2D eigenvalue weighted by Crippen LogP contribution is -2.21. The van der Waals surface area contributed by atoms with E-state index in [1.54, 1.807) is 24.7 Å². The third-order valence-corrected chi connectivity index (χ3v) is 4.02. The van der Waals surface area contributed by atoms with E-state index < -0.39 is 0 Å². The SMILES string of the molecule is C[C@@H](COc1cncc(CN=[N+]=[N-])c1)Oc1cnc2ccc(Br)cc2c1. The molecule has 3 aromatic rings. The predicted octanol–water partition coefficient (Wildman–Crippen LogP) is 5.05. The number of hydrogen-bond acceptors (Lipinski definition) is 5. The lowest BCUT2D eigenvalue weighted by molar-refractivity contribution is 0.142. The van der Waals surface area contributed by atoms with Gasteiger partial charge in [-0.15, -0.1) is 0 Å². The van der Waals surface area contributed by atoms with Crippen molar-refractivity contribution in [1.29, 1.82) is 0 Å². The number of ether oxygens (including phenoxy) is 2. The summed E-state index contributed by atoms with van der Waals surface area (Å²) in [6.07, 6.45) is 4.78. The Kier molecular flexibility index (Phi) is 5.88. The molecule has 0 radical (unpaired) electrons. The Morgan fingerprint density at radius 3 is 2.92 bits per heavy atom. The van der Waals surface area contributed by atoms with Gasteiger partial charge >= 0.3 is 0 Å². The Labute approximate surface area is 158 Å². The first kappa shape index (κ1) is 18.0. The van der Waals surface area contributed by atoms with Crippen LogP contribution in [-0.4, -0.2) is 22.7 Å². The molecule has 132 valence electrons. The average molecular weight is 414 g/mol. The summed E-state index contributed by atoms with van der Waals surface area (Å²) in [5, 5.41) is 4.52. The number of azide groups is 1. The van der Waals surface area contributed by atoms with Gasteiger partial charge in [0.05, 0.1) is 24.5 Å². The molecule has 0 amide bonds. The zero-order chi connectivity index (χ0) is 18.4. The summed E-state index contributed by atoms with van der Waals surface area (Å²) in [6, 6.07) is 9.65. The van der Waals surface area contributed by atoms with E-state index in [-0.39, 0.29) is 12.6 Å². The Morgan fingerprint density at radius 2 is 2.08 bits per heavy atom. The van der Waals surface area contributed by atoms with E-state index in [1.165, 1.54) is 0 Å². The molecule has 0 saturated heterocycles. The van der Waals surface area contributed by atoms with Gasteiger partial charge in [-0.2, -0.15) is 0 Å². The monoisotopic (exact) mass is 413 g/mol. The van der Waals surface area contributed by atoms with Crippen LogP contribution in [0.15, 0.2) is 58.5 Å². The van der Waals surface area contributed by atoms with E-state index in [1.807, 2.05) is 31.2 Å². The van der Waals surface area contributed by atoms with Crippen LogP contribution in [-0.2, 0) is 6.54 Å². The first-order valence-corrected chi connectivity index (χ1v) is 8.73. The Morgan fingerprint density at radius 1 is 1.19 bits per heavy atom. The highest BCUT2D eigenvalue weighted by Crippen LogP contribution is 2.23. The molecule has 0 unspecified atom stereocenters. The number of aromatic nitrogens is 2. The van der Waals surface area contributed by atoms with Gasteiger partial charge in [0, 0.05) is 21.0 Å². The van der Waals surface area contributed by atoms with Gasteiger partial charge < -0.3 is 9.47 Å². The number of halogens is 1.